The Morgan fingerprint density at radius 2 is 1.36 bits per heavy atom. The topological polar surface area (TPSA) is 306 Å². The van der Waals surface area contributed by atoms with Gasteiger partial charge in [-0.25, -0.2) is 9.59 Å². The van der Waals surface area contributed by atoms with Gasteiger partial charge in [-0.2, -0.15) is 0 Å². The molecule has 84 heavy (non-hydrogen) atoms. The Morgan fingerprint density at radius 1 is 0.738 bits per heavy atom. The molecule has 9 aliphatic rings. The van der Waals surface area contributed by atoms with Crippen LogP contribution in [0.5, 0.6) is 0 Å². The highest BCUT2D eigenvalue weighted by Gasteiger charge is 2.64. The summed E-state index contributed by atoms with van der Waals surface area (Å²) < 4.78 is 68.0. The van der Waals surface area contributed by atoms with E-state index in [4.69, 9.17) is 52.1 Å². The van der Waals surface area contributed by atoms with E-state index in [-0.39, 0.29) is 55.6 Å². The molecule has 0 aromatic heterocycles. The van der Waals surface area contributed by atoms with E-state index in [1.54, 1.807) is 53.7 Å². The lowest BCUT2D eigenvalue weighted by Gasteiger charge is -2.56. The SMILES string of the molecule is COC(=O)NC1C(C)OC(OC2CC=C(C)C3C=CC4C(OC5CC(OC6CC(O)C(OC7CC(O)C(OC)C(C)O7)C(C)O6)C(O)C(C)O5)C(C)CC(C)C4C3(C)C(O)=C3C(=O)OC4(CC(C)C(C=O)=CC4C=C2C)C3=O)CC1(C)N(O)O. The molecule has 27 atom stereocenters. The van der Waals surface area contributed by atoms with Crippen LogP contribution in [0.15, 0.2) is 58.4 Å². The molecule has 0 aromatic rings. The van der Waals surface area contributed by atoms with Crippen molar-refractivity contribution in [1.82, 2.24) is 10.5 Å². The summed E-state index contributed by atoms with van der Waals surface area (Å²) in [5.74, 6) is -5.30. The molecule has 23 heteroatoms. The number of allylic oxidation sites excluding steroid dienone is 4. The fourth-order valence-electron chi connectivity index (χ4n) is 15.8. The number of hydrogen-bond acceptors (Lipinski definition) is 22. The van der Waals surface area contributed by atoms with Crippen LogP contribution < -0.4 is 5.32 Å². The molecule has 4 aliphatic carbocycles. The van der Waals surface area contributed by atoms with Crippen LogP contribution in [0.3, 0.4) is 0 Å². The first-order chi connectivity index (χ1) is 39.6. The summed E-state index contributed by atoms with van der Waals surface area (Å²) in [4.78, 5) is 55.3. The number of Topliss-reactive ketones (excluding diaryl/α,β-unsaturated/α-hetero) is 1. The molecule has 5 aliphatic heterocycles. The number of ketones is 1. The molecule has 7 N–H and O–H groups in total. The number of esters is 1. The summed E-state index contributed by atoms with van der Waals surface area (Å²) >= 11 is 0. The number of alkyl carbamates (subject to hydrolysis) is 1. The van der Waals surface area contributed by atoms with Gasteiger partial charge in [-0.15, -0.1) is 0 Å². The van der Waals surface area contributed by atoms with Crippen molar-refractivity contribution < 1.29 is 102 Å². The maximum Gasteiger partial charge on any atom is 0.407 e. The molecular weight excluding hydrogens is 1100 g/mol. The van der Waals surface area contributed by atoms with Gasteiger partial charge in [0.2, 0.25) is 5.78 Å². The molecule has 9 rings (SSSR count). The fraction of sp³-hybridized carbons (Fsp3) is 0.770. The van der Waals surface area contributed by atoms with E-state index in [9.17, 15) is 45.2 Å². The van der Waals surface area contributed by atoms with Gasteiger partial charge < -0.3 is 77.8 Å². The summed E-state index contributed by atoms with van der Waals surface area (Å²) in [6, 6.07) is -0.966. The Bertz CT molecular complexity index is 2580. The second-order valence-corrected chi connectivity index (χ2v) is 25.9. The highest BCUT2D eigenvalue weighted by Crippen LogP contribution is 2.61. The molecule has 2 bridgehead atoms. The van der Waals surface area contributed by atoms with E-state index in [1.807, 2.05) is 26.0 Å². The maximum atomic E-state index is 15.6. The average Bonchev–Trinajstić information content (AvgIpc) is 2.80. The lowest BCUT2D eigenvalue weighted by Crippen LogP contribution is -2.68. The lowest BCUT2D eigenvalue weighted by molar-refractivity contribution is -0.390. The zero-order valence-electron chi connectivity index (χ0n) is 50.5. The number of amides is 1. The number of aliphatic hydroxyl groups is 4. The van der Waals surface area contributed by atoms with Gasteiger partial charge in [-0.05, 0) is 96.1 Å². The third-order valence-corrected chi connectivity index (χ3v) is 20.2. The van der Waals surface area contributed by atoms with Crippen molar-refractivity contribution in [3.63, 3.8) is 0 Å². The maximum absolute atomic E-state index is 15.6. The van der Waals surface area contributed by atoms with E-state index < -0.39 is 180 Å². The highest BCUT2D eigenvalue weighted by atomic mass is 16.8. The third kappa shape index (κ3) is 11.9. The Balaban J connectivity index is 1.01. The second-order valence-electron chi connectivity index (χ2n) is 25.9. The highest BCUT2D eigenvalue weighted by molar-refractivity contribution is 6.26. The van der Waals surface area contributed by atoms with Crippen LogP contribution in [-0.4, -0.2) is 190 Å². The molecule has 5 heterocycles. The van der Waals surface area contributed by atoms with Crippen molar-refractivity contribution >= 4 is 24.1 Å². The minimum Gasteiger partial charge on any atom is -0.511 e. The van der Waals surface area contributed by atoms with Crippen LogP contribution in [0.1, 0.15) is 121 Å². The predicted octanol–water partition coefficient (Wildman–Crippen LogP) is 5.58. The molecule has 470 valence electrons. The molecule has 5 saturated heterocycles. The summed E-state index contributed by atoms with van der Waals surface area (Å²) in [5.41, 5.74) is -3.43. The van der Waals surface area contributed by atoms with Crippen molar-refractivity contribution in [3.8, 4) is 0 Å². The molecule has 1 spiro atoms. The molecule has 6 fully saturated rings. The van der Waals surface area contributed by atoms with Gasteiger partial charge in [0, 0.05) is 62.4 Å². The summed E-state index contributed by atoms with van der Waals surface area (Å²) in [6.07, 6.45) is -2.69. The van der Waals surface area contributed by atoms with Gasteiger partial charge in [0.15, 0.2) is 30.8 Å². The number of rotatable bonds is 12. The zero-order chi connectivity index (χ0) is 61.2. The quantitative estimate of drug-likeness (QED) is 0.0412. The number of nitrogens with one attached hydrogen (secondary N) is 1. The van der Waals surface area contributed by atoms with Gasteiger partial charge in [-0.1, -0.05) is 68.9 Å². The molecule has 1 saturated carbocycles. The van der Waals surface area contributed by atoms with Crippen LogP contribution in [-0.2, 0) is 66.5 Å². The lowest BCUT2D eigenvalue weighted by atomic mass is 9.49. The Labute approximate surface area is 491 Å². The number of carbonyl (C=O) groups excluding carboxylic acids is 4. The first-order valence-electron chi connectivity index (χ1n) is 29.9. The van der Waals surface area contributed by atoms with Gasteiger partial charge in [-0.3, -0.25) is 20.0 Å². The normalized spacial score (nSPS) is 47.3. The molecule has 23 nitrogen and oxygen atoms in total. The summed E-state index contributed by atoms with van der Waals surface area (Å²) in [5, 5.41) is 70.9. The minimum atomic E-state index is -1.85. The predicted molar refractivity (Wildman–Crippen MR) is 295 cm³/mol. The summed E-state index contributed by atoms with van der Waals surface area (Å²) in [7, 11) is 2.70. The molecular formula is C61H90N2O21. The molecule has 0 radical (unpaired) electrons. The number of carbonyl (C=O) groups is 4. The second kappa shape index (κ2) is 25.2. The smallest absolute Gasteiger partial charge is 0.407 e. The van der Waals surface area contributed by atoms with Gasteiger partial charge >= 0.3 is 12.1 Å². The number of methoxy groups -OCH3 is 2. The van der Waals surface area contributed by atoms with Crippen molar-refractivity contribution in [2.24, 2.45) is 46.8 Å². The largest absolute Gasteiger partial charge is 0.511 e. The first kappa shape index (κ1) is 64.5. The fourth-order valence-corrected chi connectivity index (χ4v) is 15.8. The Kier molecular flexibility index (Phi) is 19.4. The Hall–Kier alpha value is -4.02. The van der Waals surface area contributed by atoms with Crippen molar-refractivity contribution in [1.29, 1.82) is 0 Å². The van der Waals surface area contributed by atoms with E-state index >= 15 is 4.79 Å². The van der Waals surface area contributed by atoms with Gasteiger partial charge in [0.05, 0.1) is 73.6 Å². The summed E-state index contributed by atoms with van der Waals surface area (Å²) in [6.45, 7) is 20.0. The van der Waals surface area contributed by atoms with E-state index in [1.165, 1.54) is 21.1 Å². The number of fused-ring (bicyclic) bond motifs is 4. The number of ether oxygens (including phenoxy) is 11. The van der Waals surface area contributed by atoms with E-state index in [0.29, 0.717) is 17.6 Å². The molecule has 0 aromatic carbocycles. The van der Waals surface area contributed by atoms with E-state index in [2.05, 4.69) is 25.2 Å². The number of hydroxylamine groups is 2. The van der Waals surface area contributed by atoms with Crippen LogP contribution in [0, 0.1) is 46.8 Å². The van der Waals surface area contributed by atoms with Crippen LogP contribution in [0.4, 0.5) is 4.79 Å². The minimum absolute atomic E-state index is 0.0141. The standard InChI is InChI=1S/C61H90N2O21/c1-27-14-17-42(80-47-25-59(10,63(72)73)54(35(9)79-47)62-58(71)75-13)28(2)19-37-20-36(26-64)31(5)24-61(37)56(69)48(57(70)84-61)55(68)60(11)39(27)16-15-38-49(60)29(3)18-30(4)51(38)82-46-23-43(50(67)32(6)76-46)81-44-22-41(66)53(34(8)78-44)83-45-21-40(65)52(74-12)33(7)77-45/h14-16,19-20,26,29-35,37-47,49-54,65-68,72-73H,17-18,21-25H2,1-13H3,(H,62,71). The van der Waals surface area contributed by atoms with Crippen LogP contribution in [0.25, 0.3) is 0 Å². The first-order valence-corrected chi connectivity index (χ1v) is 29.9. The number of aldehydes is 1. The molecule has 27 unspecified atom stereocenters. The van der Waals surface area contributed by atoms with Crippen molar-refractivity contribution in [2.45, 2.75) is 237 Å². The van der Waals surface area contributed by atoms with Gasteiger partial charge in [0.1, 0.15) is 35.9 Å². The van der Waals surface area contributed by atoms with Crippen LogP contribution >= 0.6 is 0 Å². The Morgan fingerprint density at radius 3 is 1.99 bits per heavy atom. The van der Waals surface area contributed by atoms with Crippen molar-refractivity contribution in [2.75, 3.05) is 14.2 Å². The monoisotopic (exact) mass is 1190 g/mol. The van der Waals surface area contributed by atoms with Gasteiger partial charge in [0.25, 0.3) is 0 Å². The molecule has 1 amide bonds. The number of hydrogen-bond donors (Lipinski definition) is 7. The average molecular weight is 1190 g/mol. The van der Waals surface area contributed by atoms with E-state index in [0.717, 1.165) is 11.9 Å². The van der Waals surface area contributed by atoms with Crippen LogP contribution in [0.2, 0.25) is 0 Å². The number of aliphatic hydroxyl groups excluding tert-OH is 4. The van der Waals surface area contributed by atoms with Crippen molar-refractivity contribution in [3.05, 3.63) is 58.4 Å². The number of nitrogens with zero attached hydrogens (tertiary/aromatic N) is 1. The zero-order valence-corrected chi connectivity index (χ0v) is 50.5. The third-order valence-electron chi connectivity index (χ3n) is 20.2.